The highest BCUT2D eigenvalue weighted by Gasteiger charge is 2.37. The summed E-state index contributed by atoms with van der Waals surface area (Å²) < 4.78 is 0. The highest BCUT2D eigenvalue weighted by Crippen LogP contribution is 2.14. The normalized spacial score (nSPS) is 21.3. The van der Waals surface area contributed by atoms with Gasteiger partial charge < -0.3 is 117 Å². The third-order valence-electron chi connectivity index (χ3n) is 19.4. The number of benzene rings is 2. The van der Waals surface area contributed by atoms with E-state index in [9.17, 15) is 112 Å². The third kappa shape index (κ3) is 40.1. The van der Waals surface area contributed by atoms with Crippen molar-refractivity contribution in [2.24, 2.45) is 11.5 Å². The summed E-state index contributed by atoms with van der Waals surface area (Å²) in [6.07, 6.45) is -3.25. The average molecular weight is 1700 g/mol. The van der Waals surface area contributed by atoms with Gasteiger partial charge >= 0.3 is 29.8 Å². The van der Waals surface area contributed by atoms with Gasteiger partial charge in [0.25, 0.3) is 0 Å². The fourth-order valence-corrected chi connectivity index (χ4v) is 13.1. The van der Waals surface area contributed by atoms with E-state index in [2.05, 4.69) is 79.8 Å². The molecule has 0 radical (unpaired) electrons. The molecule has 0 bridgehead atoms. The van der Waals surface area contributed by atoms with Crippen LogP contribution in [0.4, 0.5) is 0 Å². The van der Waals surface area contributed by atoms with Gasteiger partial charge in [0.1, 0.15) is 54.4 Å². The number of nitrogens with zero attached hydrogens (tertiary/aromatic N) is 4. The summed E-state index contributed by atoms with van der Waals surface area (Å²) >= 11 is 0. The average Bonchev–Trinajstić information content (AvgIpc) is 1.85. The highest BCUT2D eigenvalue weighted by molar-refractivity contribution is 6.00. The maximum Gasteiger partial charge on any atom is 0.317 e. The first kappa shape index (κ1) is 98.9. The van der Waals surface area contributed by atoms with Crippen LogP contribution in [0.5, 0.6) is 0 Å². The minimum absolute atomic E-state index is 0.00100. The van der Waals surface area contributed by atoms with Gasteiger partial charge in [-0.3, -0.25) is 117 Å². The zero-order chi connectivity index (χ0) is 88.9. The second kappa shape index (κ2) is 52.9. The molecule has 1 unspecified atom stereocenters. The zero-order valence-corrected chi connectivity index (χ0v) is 67.0. The smallest absolute Gasteiger partial charge is 0.317 e. The molecule has 46 heteroatoms. The highest BCUT2D eigenvalue weighted by atomic mass is 16.4. The molecular formula is C75H113N23O23. The molecule has 2 aromatic carbocycles. The van der Waals surface area contributed by atoms with E-state index in [4.69, 9.17) is 22.3 Å². The summed E-state index contributed by atoms with van der Waals surface area (Å²) in [6, 6.07) is 2.82. The van der Waals surface area contributed by atoms with Crippen molar-refractivity contribution in [3.63, 3.8) is 0 Å². The number of carbonyl (C=O) groups excluding carboxylic acids is 13. The predicted octanol–water partition coefficient (Wildman–Crippen LogP) is -8.60. The topological polar surface area (TPSA) is 702 Å². The third-order valence-corrected chi connectivity index (χ3v) is 19.4. The van der Waals surface area contributed by atoms with Crippen LogP contribution in [0.2, 0.25) is 0 Å². The quantitative estimate of drug-likeness (QED) is 0.0168. The van der Waals surface area contributed by atoms with Crippen LogP contribution in [0.3, 0.4) is 0 Å². The van der Waals surface area contributed by atoms with Crippen molar-refractivity contribution in [3.05, 3.63) is 71.8 Å². The van der Waals surface area contributed by atoms with Crippen molar-refractivity contribution in [1.82, 2.24) is 99.4 Å². The Bertz CT molecular complexity index is 3890. The summed E-state index contributed by atoms with van der Waals surface area (Å²) in [6.45, 7) is -3.24. The van der Waals surface area contributed by atoms with E-state index < -0.39 is 226 Å². The molecule has 3 fully saturated rings. The molecule has 9 atom stereocenters. The molecule has 0 saturated carbocycles. The Morgan fingerprint density at radius 2 is 0.686 bits per heavy atom. The number of nitrogens with two attached hydrogens (primary N) is 2. The van der Waals surface area contributed by atoms with Gasteiger partial charge in [0.15, 0.2) is 11.9 Å². The van der Waals surface area contributed by atoms with Crippen LogP contribution in [0.1, 0.15) is 101 Å². The lowest BCUT2D eigenvalue weighted by molar-refractivity contribution is -0.141. The molecule has 666 valence electrons. The van der Waals surface area contributed by atoms with Gasteiger partial charge in [0.05, 0.1) is 52.1 Å². The number of aliphatic carboxylic acids is 5. The van der Waals surface area contributed by atoms with Gasteiger partial charge in [0, 0.05) is 97.8 Å². The molecule has 121 heavy (non-hydrogen) atoms. The first-order valence-corrected chi connectivity index (χ1v) is 39.6. The Morgan fingerprint density at radius 1 is 0.372 bits per heavy atom. The fraction of sp³-hybridized carbons (Fsp3) is 0.573. The molecule has 3 aliphatic rings. The maximum absolute atomic E-state index is 14.5. The predicted molar refractivity (Wildman–Crippen MR) is 428 cm³/mol. The first-order valence-electron chi connectivity index (χ1n) is 39.6. The molecule has 3 heterocycles. The summed E-state index contributed by atoms with van der Waals surface area (Å²) in [7, 11) is 0. The molecule has 13 amide bonds. The van der Waals surface area contributed by atoms with Crippen molar-refractivity contribution >= 4 is 119 Å². The molecule has 3 saturated heterocycles. The van der Waals surface area contributed by atoms with Crippen LogP contribution < -0.4 is 91.2 Å². The number of nitrogens with one attached hydrogen (secondary N) is 17. The van der Waals surface area contributed by atoms with Crippen molar-refractivity contribution in [3.8, 4) is 0 Å². The van der Waals surface area contributed by atoms with Crippen LogP contribution in [0.15, 0.2) is 60.7 Å². The lowest BCUT2D eigenvalue weighted by atomic mass is 10.0. The molecule has 0 aliphatic carbocycles. The minimum atomic E-state index is -1.76. The number of rotatable bonds is 39. The molecule has 0 spiro atoms. The number of amides is 13. The number of hydrogen-bond donors (Lipinski definition) is 24. The number of unbranched alkanes of at least 4 members (excludes halogenated alkanes) is 2. The molecule has 3 aliphatic heterocycles. The second-order valence-corrected chi connectivity index (χ2v) is 29.2. The zero-order valence-electron chi connectivity index (χ0n) is 67.0. The first-order chi connectivity index (χ1) is 57.6. The molecule has 0 aromatic heterocycles. The Kier molecular flexibility index (Phi) is 43.3. The van der Waals surface area contributed by atoms with Crippen LogP contribution >= 0.6 is 0 Å². The van der Waals surface area contributed by atoms with E-state index in [0.717, 1.165) is 0 Å². The van der Waals surface area contributed by atoms with Crippen molar-refractivity contribution < 1.29 is 112 Å². The van der Waals surface area contributed by atoms with Gasteiger partial charge in [-0.15, -0.1) is 0 Å². The summed E-state index contributed by atoms with van der Waals surface area (Å²) in [4.78, 5) is 248. The number of hydrogen-bond acceptors (Lipinski definition) is 24. The number of guanidine groups is 2. The molecular weight excluding hydrogens is 1590 g/mol. The van der Waals surface area contributed by atoms with E-state index in [0.29, 0.717) is 11.1 Å². The number of carboxylic acid groups (broad SMARTS) is 5. The SMILES string of the molecule is N=C(N)NCCC[C@@H]1NC(=O)[C@H](CCCCNC(=O)CCC(NC(=O)CN2CCN(CC(=O)O)CCN(CC(=O)O)CCN(CC(=O)O)CC2)C(=O)NCCCC[C@@H]2NC(=O)[C@@H](Cc3ccccc3)NC(=O)[C@H](CC(=O)O)NC(=O)CNC(=O)[C@H](CCCNC(=N)N)NC2=O)NC(=O)[C@@H](Cc2ccccc2)NC(=O)[C@H](CC(=O)O)NC(=O)CNC1=O. The van der Waals surface area contributed by atoms with Gasteiger partial charge in [-0.05, 0) is 81.8 Å². The van der Waals surface area contributed by atoms with E-state index in [1.807, 2.05) is 0 Å². The van der Waals surface area contributed by atoms with Gasteiger partial charge in [-0.1, -0.05) is 60.7 Å². The lowest BCUT2D eigenvalue weighted by Crippen LogP contribution is -2.58. The maximum atomic E-state index is 14.5. The molecule has 26 N–H and O–H groups in total. The Balaban J connectivity index is 1.41. The van der Waals surface area contributed by atoms with Crippen molar-refractivity contribution in [2.45, 2.75) is 157 Å². The van der Waals surface area contributed by atoms with E-state index in [1.54, 1.807) is 70.5 Å². The molecule has 2 aromatic rings. The van der Waals surface area contributed by atoms with Gasteiger partial charge in [-0.2, -0.15) is 0 Å². The van der Waals surface area contributed by atoms with Gasteiger partial charge in [-0.25, -0.2) is 0 Å². The molecule has 46 nitrogen and oxygen atoms in total. The Hall–Kier alpha value is -12.7. The fourth-order valence-electron chi connectivity index (χ4n) is 13.1. The molecule has 5 rings (SSSR count). The summed E-state index contributed by atoms with van der Waals surface area (Å²) in [5.41, 5.74) is 11.9. The van der Waals surface area contributed by atoms with Gasteiger partial charge in [0.2, 0.25) is 76.8 Å². The van der Waals surface area contributed by atoms with E-state index in [1.165, 1.54) is 9.80 Å². The Morgan fingerprint density at radius 3 is 1.04 bits per heavy atom. The monoisotopic (exact) mass is 1700 g/mol. The standard InChI is InChI=1S/C75H113N23O23/c76-74(77)82-25-11-19-47-66(114)84-39-57(100)87-54(37-60(103)104)72(120)93-52(35-45-13-3-1-4-14-45)70(118)91-49(68(116)89-47)17-7-9-23-80-56(99)22-21-51(86-59(102)41-95-27-29-96(42-62(107)108)31-33-98(44-64(111)112)34-32-97(30-28-95)43-63(109)110)65(113)81-24-10-8-18-50-69(117)90-48(20-12-26-83-75(78)79)67(115)85-40-58(101)88-55(38-61(105)106)73(121)94-53(71(119)92-50)36-46-15-5-2-6-16-46/h1-6,13-16,47-55H,7-12,17-44H2,(H,80,99)(H,81,113)(H,84,114)(H,85,115)(H,86,102)(H,87,100)(H,88,101)(H,89,116)(H,90,117)(H,91,118)(H,92,119)(H,93,120)(H,94,121)(H,103,104)(H,105,106)(H,107,108)(H,109,110)(H,111,112)(H4,76,77,82)(H4,78,79,83)/t47-,48-,49-,50-,51?,52+,53+,54-,55-/m0/s1. The lowest BCUT2D eigenvalue weighted by Gasteiger charge is -2.33. The number of carboxylic acids is 5. The summed E-state index contributed by atoms with van der Waals surface area (Å²) in [5, 5.41) is 102. The summed E-state index contributed by atoms with van der Waals surface area (Å²) in [5.74, 6) is -19.2. The van der Waals surface area contributed by atoms with Crippen LogP contribution in [0, 0.1) is 10.8 Å². The largest absolute Gasteiger partial charge is 0.481 e. The van der Waals surface area contributed by atoms with E-state index >= 15 is 0 Å². The van der Waals surface area contributed by atoms with Crippen LogP contribution in [0.25, 0.3) is 0 Å². The minimum Gasteiger partial charge on any atom is -0.481 e. The second-order valence-electron chi connectivity index (χ2n) is 29.2. The van der Waals surface area contributed by atoms with Crippen molar-refractivity contribution in [1.29, 1.82) is 10.8 Å². The number of carbonyl (C=O) groups is 18. The van der Waals surface area contributed by atoms with E-state index in [-0.39, 0.29) is 168 Å². The van der Waals surface area contributed by atoms with Crippen molar-refractivity contribution in [2.75, 3.05) is 118 Å². The van der Waals surface area contributed by atoms with Crippen LogP contribution in [-0.4, -0.2) is 336 Å². The Labute approximate surface area is 696 Å². The van der Waals surface area contributed by atoms with Crippen LogP contribution in [-0.2, 0) is 99.1 Å².